The molecular weight excluding hydrogens is 281 g/mol. The van der Waals surface area contributed by atoms with Crippen molar-refractivity contribution in [2.24, 2.45) is 5.41 Å². The van der Waals surface area contributed by atoms with Crippen LogP contribution in [-0.4, -0.2) is 23.7 Å². The molecule has 0 bridgehead atoms. The Bertz CT molecular complexity index is 496. The third-order valence-corrected chi connectivity index (χ3v) is 5.32. The van der Waals surface area contributed by atoms with Gasteiger partial charge in [-0.1, -0.05) is 32.4 Å². The molecule has 1 aromatic carbocycles. The van der Waals surface area contributed by atoms with E-state index in [9.17, 15) is 14.3 Å². The number of halogens is 1. The van der Waals surface area contributed by atoms with Crippen molar-refractivity contribution >= 4 is 5.97 Å². The second-order valence-corrected chi connectivity index (χ2v) is 6.37. The molecule has 4 heteroatoms. The van der Waals surface area contributed by atoms with Crippen molar-refractivity contribution in [3.05, 3.63) is 35.6 Å². The molecule has 2 rings (SSSR count). The Morgan fingerprint density at radius 3 is 2.45 bits per heavy atom. The van der Waals surface area contributed by atoms with Crippen molar-refractivity contribution in [2.45, 2.75) is 57.9 Å². The number of carboxylic acid groups (broad SMARTS) is 1. The SMILES string of the molecule is CCC(CC)(CNC1CCCC1c1ccc(F)cc1)C(=O)O. The molecule has 1 aliphatic rings. The fraction of sp³-hybridized carbons (Fsp3) is 0.611. The first-order valence-electron chi connectivity index (χ1n) is 8.24. The Kier molecular flexibility index (Phi) is 5.57. The van der Waals surface area contributed by atoms with Gasteiger partial charge in [-0.3, -0.25) is 4.79 Å². The molecule has 2 N–H and O–H groups in total. The number of nitrogens with one attached hydrogen (secondary N) is 1. The molecule has 3 nitrogen and oxygen atoms in total. The zero-order chi connectivity index (χ0) is 16.2. The van der Waals surface area contributed by atoms with Crippen LogP contribution in [0.5, 0.6) is 0 Å². The molecule has 2 atom stereocenters. The van der Waals surface area contributed by atoms with Crippen LogP contribution >= 0.6 is 0 Å². The summed E-state index contributed by atoms with van der Waals surface area (Å²) < 4.78 is 13.1. The minimum Gasteiger partial charge on any atom is -0.481 e. The number of aliphatic carboxylic acids is 1. The predicted molar refractivity (Wildman–Crippen MR) is 85.4 cm³/mol. The van der Waals surface area contributed by atoms with Gasteiger partial charge in [0.15, 0.2) is 0 Å². The molecule has 1 fully saturated rings. The minimum atomic E-state index is -0.721. The Balaban J connectivity index is 2.05. The molecule has 0 amide bonds. The highest BCUT2D eigenvalue weighted by Gasteiger charge is 2.37. The van der Waals surface area contributed by atoms with Gasteiger partial charge in [0.05, 0.1) is 5.41 Å². The van der Waals surface area contributed by atoms with Gasteiger partial charge in [-0.2, -0.15) is 0 Å². The van der Waals surface area contributed by atoms with Crippen molar-refractivity contribution in [3.63, 3.8) is 0 Å². The van der Waals surface area contributed by atoms with Crippen molar-refractivity contribution in [3.8, 4) is 0 Å². The molecule has 1 saturated carbocycles. The summed E-state index contributed by atoms with van der Waals surface area (Å²) in [6.45, 7) is 4.37. The summed E-state index contributed by atoms with van der Waals surface area (Å²) >= 11 is 0. The quantitative estimate of drug-likeness (QED) is 0.802. The van der Waals surface area contributed by atoms with E-state index in [0.29, 0.717) is 25.3 Å². The molecule has 1 aliphatic carbocycles. The molecule has 0 spiro atoms. The fourth-order valence-electron chi connectivity index (χ4n) is 3.52. The Hall–Kier alpha value is -1.42. The van der Waals surface area contributed by atoms with Crippen molar-refractivity contribution in [1.82, 2.24) is 5.32 Å². The zero-order valence-corrected chi connectivity index (χ0v) is 13.4. The lowest BCUT2D eigenvalue weighted by Gasteiger charge is -2.30. The first kappa shape index (κ1) is 16.9. The highest BCUT2D eigenvalue weighted by molar-refractivity contribution is 5.74. The third-order valence-electron chi connectivity index (χ3n) is 5.32. The molecule has 22 heavy (non-hydrogen) atoms. The number of benzene rings is 1. The van der Waals surface area contributed by atoms with Gasteiger partial charge in [-0.05, 0) is 49.3 Å². The summed E-state index contributed by atoms with van der Waals surface area (Å²) in [6, 6.07) is 6.99. The summed E-state index contributed by atoms with van der Waals surface area (Å²) in [7, 11) is 0. The highest BCUT2D eigenvalue weighted by Crippen LogP contribution is 2.36. The van der Waals surface area contributed by atoms with Gasteiger partial charge < -0.3 is 10.4 Å². The van der Waals surface area contributed by atoms with Crippen molar-refractivity contribution in [2.75, 3.05) is 6.54 Å². The van der Waals surface area contributed by atoms with Crippen LogP contribution in [0.25, 0.3) is 0 Å². The molecule has 1 aromatic rings. The van der Waals surface area contributed by atoms with Gasteiger partial charge in [0.25, 0.3) is 0 Å². The molecule has 122 valence electrons. The van der Waals surface area contributed by atoms with Crippen molar-refractivity contribution in [1.29, 1.82) is 0 Å². The number of carboxylic acids is 1. The van der Waals surface area contributed by atoms with E-state index in [2.05, 4.69) is 5.32 Å². The maximum Gasteiger partial charge on any atom is 0.310 e. The van der Waals surface area contributed by atoms with Gasteiger partial charge in [0.2, 0.25) is 0 Å². The van der Waals surface area contributed by atoms with Crippen LogP contribution in [0.4, 0.5) is 4.39 Å². The monoisotopic (exact) mass is 307 g/mol. The Morgan fingerprint density at radius 1 is 1.27 bits per heavy atom. The van der Waals surface area contributed by atoms with E-state index < -0.39 is 11.4 Å². The van der Waals surface area contributed by atoms with Crippen LogP contribution < -0.4 is 5.32 Å². The fourth-order valence-corrected chi connectivity index (χ4v) is 3.52. The number of carbonyl (C=O) groups is 1. The Labute approximate surface area is 131 Å². The van der Waals surface area contributed by atoms with Crippen LogP contribution in [-0.2, 0) is 4.79 Å². The first-order chi connectivity index (χ1) is 10.5. The van der Waals surface area contributed by atoms with E-state index in [4.69, 9.17) is 0 Å². The standard InChI is InChI=1S/C18H26FNO2/c1-3-18(4-2,17(21)22)12-20-16-7-5-6-15(16)13-8-10-14(19)11-9-13/h8-11,15-16,20H,3-7,12H2,1-2H3,(H,21,22). The summed E-state index contributed by atoms with van der Waals surface area (Å²) in [5.74, 6) is -0.588. The lowest BCUT2D eigenvalue weighted by Crippen LogP contribution is -2.44. The van der Waals surface area contributed by atoms with E-state index in [1.54, 1.807) is 0 Å². The molecular formula is C18H26FNO2. The largest absolute Gasteiger partial charge is 0.481 e. The normalized spacial score (nSPS) is 22.0. The number of rotatable bonds is 7. The van der Waals surface area contributed by atoms with Gasteiger partial charge in [0, 0.05) is 12.6 Å². The number of hydrogen-bond donors (Lipinski definition) is 2. The van der Waals surface area contributed by atoms with Gasteiger partial charge in [-0.25, -0.2) is 4.39 Å². The highest BCUT2D eigenvalue weighted by atomic mass is 19.1. The first-order valence-corrected chi connectivity index (χ1v) is 8.24. The average Bonchev–Trinajstić information content (AvgIpc) is 2.98. The van der Waals surface area contributed by atoms with E-state index in [1.165, 1.54) is 12.1 Å². The zero-order valence-electron chi connectivity index (χ0n) is 13.4. The summed E-state index contributed by atoms with van der Waals surface area (Å²) in [5.41, 5.74) is 0.459. The lowest BCUT2D eigenvalue weighted by atomic mass is 9.81. The summed E-state index contributed by atoms with van der Waals surface area (Å²) in [6.07, 6.45) is 4.49. The van der Waals surface area contributed by atoms with Gasteiger partial charge >= 0.3 is 5.97 Å². The summed E-state index contributed by atoms with van der Waals surface area (Å²) in [5, 5.41) is 13.0. The van der Waals surface area contributed by atoms with Gasteiger partial charge in [-0.15, -0.1) is 0 Å². The summed E-state index contributed by atoms with van der Waals surface area (Å²) in [4.78, 5) is 11.6. The van der Waals surface area contributed by atoms with Crippen LogP contribution in [0.3, 0.4) is 0 Å². The predicted octanol–water partition coefficient (Wildman–Crippen LogP) is 3.94. The topological polar surface area (TPSA) is 49.3 Å². The van der Waals surface area contributed by atoms with E-state index in [0.717, 1.165) is 24.8 Å². The maximum atomic E-state index is 13.1. The molecule has 0 heterocycles. The molecule has 0 aliphatic heterocycles. The van der Waals surface area contributed by atoms with Crippen LogP contribution in [0, 0.1) is 11.2 Å². The van der Waals surface area contributed by atoms with E-state index in [-0.39, 0.29) is 11.9 Å². The molecule has 2 unspecified atom stereocenters. The molecule has 0 aromatic heterocycles. The molecule has 0 radical (unpaired) electrons. The smallest absolute Gasteiger partial charge is 0.310 e. The van der Waals surface area contributed by atoms with Crippen LogP contribution in [0.1, 0.15) is 57.4 Å². The minimum absolute atomic E-state index is 0.215. The maximum absolute atomic E-state index is 13.1. The van der Waals surface area contributed by atoms with E-state index in [1.807, 2.05) is 26.0 Å². The average molecular weight is 307 g/mol. The second kappa shape index (κ2) is 7.23. The molecule has 0 saturated heterocycles. The van der Waals surface area contributed by atoms with Crippen molar-refractivity contribution < 1.29 is 14.3 Å². The van der Waals surface area contributed by atoms with Gasteiger partial charge in [0.1, 0.15) is 5.82 Å². The van der Waals surface area contributed by atoms with Crippen LogP contribution in [0.15, 0.2) is 24.3 Å². The number of hydrogen-bond acceptors (Lipinski definition) is 2. The lowest BCUT2D eigenvalue weighted by molar-refractivity contribution is -0.149. The van der Waals surface area contributed by atoms with Crippen LogP contribution in [0.2, 0.25) is 0 Å². The second-order valence-electron chi connectivity index (χ2n) is 6.37. The third kappa shape index (κ3) is 3.49. The Morgan fingerprint density at radius 2 is 1.91 bits per heavy atom. The van der Waals surface area contributed by atoms with E-state index >= 15 is 0 Å².